The third-order valence-electron chi connectivity index (χ3n) is 3.39. The number of carboxylic acid groups (broad SMARTS) is 1. The number of carboxylic acids is 1. The number of benzene rings is 1. The van der Waals surface area contributed by atoms with Crippen molar-refractivity contribution in [3.05, 3.63) is 58.4 Å². The average Bonchev–Trinajstić information content (AvgIpc) is 2.72. The van der Waals surface area contributed by atoms with E-state index in [-0.39, 0.29) is 5.69 Å². The lowest BCUT2D eigenvalue weighted by Gasteiger charge is -2.10. The Morgan fingerprint density at radius 3 is 2.57 bits per heavy atom. The molecule has 1 N–H and O–H groups in total. The molecule has 0 aliphatic rings. The van der Waals surface area contributed by atoms with Crippen LogP contribution in [0.15, 0.2) is 30.3 Å². The molecule has 0 bridgehead atoms. The monoisotopic (exact) mass is 287 g/mol. The summed E-state index contributed by atoms with van der Waals surface area (Å²) >= 11 is 0. The second kappa shape index (κ2) is 5.83. The van der Waals surface area contributed by atoms with E-state index >= 15 is 0 Å². The predicted octanol–water partition coefficient (Wildman–Crippen LogP) is 2.64. The number of nitrogens with zero attached hydrogens (tertiary/aromatic N) is 1. The normalized spacial score (nSPS) is 10.4. The zero-order chi connectivity index (χ0) is 15.6. The molecule has 0 aliphatic carbocycles. The van der Waals surface area contributed by atoms with Gasteiger partial charge < -0.3 is 14.4 Å². The van der Waals surface area contributed by atoms with Crippen molar-refractivity contribution < 1.29 is 19.4 Å². The molecule has 1 heterocycles. The van der Waals surface area contributed by atoms with E-state index in [2.05, 4.69) is 0 Å². The van der Waals surface area contributed by atoms with Crippen molar-refractivity contribution in [2.75, 3.05) is 7.11 Å². The predicted molar refractivity (Wildman–Crippen MR) is 77.7 cm³/mol. The molecule has 21 heavy (non-hydrogen) atoms. The van der Waals surface area contributed by atoms with Gasteiger partial charge in [0.05, 0.1) is 12.7 Å². The minimum Gasteiger partial charge on any atom is -0.477 e. The Kier molecular flexibility index (Phi) is 4.12. The third kappa shape index (κ3) is 2.97. The van der Waals surface area contributed by atoms with Crippen LogP contribution in [0.1, 0.15) is 37.7 Å². The van der Waals surface area contributed by atoms with Crippen molar-refractivity contribution in [2.45, 2.75) is 20.4 Å². The van der Waals surface area contributed by atoms with Crippen LogP contribution in [0.4, 0.5) is 0 Å². The molecule has 5 heteroatoms. The Labute approximate surface area is 122 Å². The minimum atomic E-state index is -0.954. The van der Waals surface area contributed by atoms with Gasteiger partial charge in [-0.05, 0) is 43.2 Å². The number of methoxy groups -OCH3 is 1. The Morgan fingerprint density at radius 1 is 1.24 bits per heavy atom. The van der Waals surface area contributed by atoms with E-state index in [0.717, 1.165) is 16.8 Å². The van der Waals surface area contributed by atoms with Crippen molar-refractivity contribution >= 4 is 11.9 Å². The molecule has 1 aromatic carbocycles. The van der Waals surface area contributed by atoms with Crippen molar-refractivity contribution in [1.29, 1.82) is 0 Å². The van der Waals surface area contributed by atoms with E-state index < -0.39 is 11.9 Å². The highest BCUT2D eigenvalue weighted by Gasteiger charge is 2.16. The third-order valence-corrected chi connectivity index (χ3v) is 3.39. The zero-order valence-corrected chi connectivity index (χ0v) is 12.2. The molecule has 0 fully saturated rings. The molecule has 0 saturated heterocycles. The smallest absolute Gasteiger partial charge is 0.352 e. The van der Waals surface area contributed by atoms with Crippen molar-refractivity contribution in [2.24, 2.45) is 0 Å². The van der Waals surface area contributed by atoms with Gasteiger partial charge in [0, 0.05) is 12.2 Å². The summed E-state index contributed by atoms with van der Waals surface area (Å²) < 4.78 is 6.42. The maximum absolute atomic E-state index is 11.5. The molecular formula is C16H17NO4. The summed E-state index contributed by atoms with van der Waals surface area (Å²) in [6, 6.07) is 8.83. The molecular weight excluding hydrogens is 270 g/mol. The first-order valence-electron chi connectivity index (χ1n) is 6.51. The number of aryl methyl sites for hydroxylation is 2. The summed E-state index contributed by atoms with van der Waals surface area (Å²) in [5.74, 6) is -1.36. The molecule has 0 amide bonds. The van der Waals surface area contributed by atoms with Gasteiger partial charge in [-0.3, -0.25) is 0 Å². The van der Waals surface area contributed by atoms with E-state index in [9.17, 15) is 14.7 Å². The second-order valence-electron chi connectivity index (χ2n) is 4.90. The summed E-state index contributed by atoms with van der Waals surface area (Å²) in [5.41, 5.74) is 3.17. The van der Waals surface area contributed by atoms with Gasteiger partial charge in [0.2, 0.25) is 0 Å². The van der Waals surface area contributed by atoms with Crippen LogP contribution in [0.25, 0.3) is 0 Å². The Bertz CT molecular complexity index is 700. The number of aromatic nitrogens is 1. The van der Waals surface area contributed by atoms with Crippen LogP contribution in [0.5, 0.6) is 0 Å². The highest BCUT2D eigenvalue weighted by molar-refractivity contribution is 5.89. The number of aromatic carboxylic acids is 1. The molecule has 1 aromatic heterocycles. The fraction of sp³-hybridized carbons (Fsp3) is 0.250. The van der Waals surface area contributed by atoms with Crippen LogP contribution in [0, 0.1) is 13.8 Å². The largest absolute Gasteiger partial charge is 0.477 e. The van der Waals surface area contributed by atoms with Crippen LogP contribution >= 0.6 is 0 Å². The first-order valence-corrected chi connectivity index (χ1v) is 6.51. The number of rotatable bonds is 4. The molecule has 0 atom stereocenters. The summed E-state index contributed by atoms with van der Waals surface area (Å²) in [6.07, 6.45) is 0. The number of carbonyl (C=O) groups is 2. The molecule has 2 rings (SSSR count). The molecule has 0 radical (unpaired) electrons. The molecule has 5 nitrogen and oxygen atoms in total. The highest BCUT2D eigenvalue weighted by Crippen LogP contribution is 2.18. The van der Waals surface area contributed by atoms with Gasteiger partial charge in [-0.15, -0.1) is 0 Å². The standard InChI is InChI=1S/C16H17NO4/c1-10-7-11(2)17(14(10)15(18)19)9-12-5-4-6-13(8-12)16(20)21-3/h4-8H,9H2,1-3H3,(H,18,19). The number of hydrogen-bond donors (Lipinski definition) is 1. The molecule has 2 aromatic rings. The maximum atomic E-state index is 11.5. The average molecular weight is 287 g/mol. The van der Waals surface area contributed by atoms with Gasteiger partial charge in [-0.1, -0.05) is 12.1 Å². The number of esters is 1. The van der Waals surface area contributed by atoms with Gasteiger partial charge in [0.15, 0.2) is 0 Å². The molecule has 0 unspecified atom stereocenters. The van der Waals surface area contributed by atoms with Gasteiger partial charge in [-0.25, -0.2) is 9.59 Å². The van der Waals surface area contributed by atoms with Crippen LogP contribution < -0.4 is 0 Å². The zero-order valence-electron chi connectivity index (χ0n) is 12.2. The Balaban J connectivity index is 2.39. The first kappa shape index (κ1) is 14.8. The van der Waals surface area contributed by atoms with Crippen LogP contribution in [0.2, 0.25) is 0 Å². The summed E-state index contributed by atoms with van der Waals surface area (Å²) in [7, 11) is 1.33. The maximum Gasteiger partial charge on any atom is 0.352 e. The minimum absolute atomic E-state index is 0.274. The number of ether oxygens (including phenoxy) is 1. The second-order valence-corrected chi connectivity index (χ2v) is 4.90. The Hall–Kier alpha value is -2.56. The van der Waals surface area contributed by atoms with E-state index in [4.69, 9.17) is 4.74 Å². The van der Waals surface area contributed by atoms with Crippen LogP contribution in [-0.2, 0) is 11.3 Å². The summed E-state index contributed by atoms with van der Waals surface area (Å²) in [5, 5.41) is 9.32. The van der Waals surface area contributed by atoms with Gasteiger partial charge >= 0.3 is 11.9 Å². The van der Waals surface area contributed by atoms with Crippen LogP contribution in [0.3, 0.4) is 0 Å². The molecule has 0 aliphatic heterocycles. The van der Waals surface area contributed by atoms with Crippen molar-refractivity contribution in [3.63, 3.8) is 0 Å². The van der Waals surface area contributed by atoms with Gasteiger partial charge in [0.25, 0.3) is 0 Å². The van der Waals surface area contributed by atoms with Crippen molar-refractivity contribution in [1.82, 2.24) is 4.57 Å². The van der Waals surface area contributed by atoms with E-state index in [0.29, 0.717) is 12.1 Å². The quantitative estimate of drug-likeness (QED) is 0.878. The Morgan fingerprint density at radius 2 is 1.95 bits per heavy atom. The van der Waals surface area contributed by atoms with Gasteiger partial charge in [0.1, 0.15) is 5.69 Å². The molecule has 0 saturated carbocycles. The molecule has 110 valence electrons. The number of carbonyl (C=O) groups excluding carboxylic acids is 1. The fourth-order valence-corrected chi connectivity index (χ4v) is 2.43. The lowest BCUT2D eigenvalue weighted by Crippen LogP contribution is -2.12. The van der Waals surface area contributed by atoms with Gasteiger partial charge in [-0.2, -0.15) is 0 Å². The van der Waals surface area contributed by atoms with Crippen molar-refractivity contribution in [3.8, 4) is 0 Å². The van der Waals surface area contributed by atoms with E-state index in [1.54, 1.807) is 29.7 Å². The SMILES string of the molecule is COC(=O)c1cccc(Cn2c(C)cc(C)c2C(=O)O)c1. The first-order chi connectivity index (χ1) is 9.93. The lowest BCUT2D eigenvalue weighted by molar-refractivity contribution is 0.0599. The summed E-state index contributed by atoms with van der Waals surface area (Å²) in [4.78, 5) is 22.9. The van der Waals surface area contributed by atoms with E-state index in [1.165, 1.54) is 7.11 Å². The van der Waals surface area contributed by atoms with Crippen LogP contribution in [-0.4, -0.2) is 28.7 Å². The van der Waals surface area contributed by atoms with E-state index in [1.807, 2.05) is 19.1 Å². The lowest BCUT2D eigenvalue weighted by atomic mass is 10.1. The fourth-order valence-electron chi connectivity index (χ4n) is 2.43. The summed E-state index contributed by atoms with van der Waals surface area (Å²) in [6.45, 7) is 4.04. The topological polar surface area (TPSA) is 68.5 Å². The molecule has 0 spiro atoms. The highest BCUT2D eigenvalue weighted by atomic mass is 16.5. The number of hydrogen-bond acceptors (Lipinski definition) is 3.